The van der Waals surface area contributed by atoms with Crippen LogP contribution in [-0.4, -0.2) is 39.0 Å². The van der Waals surface area contributed by atoms with E-state index in [1.165, 1.54) is 16.0 Å². The number of amides is 1. The van der Waals surface area contributed by atoms with Gasteiger partial charge in [0.1, 0.15) is 11.6 Å². The third-order valence-corrected chi connectivity index (χ3v) is 6.28. The van der Waals surface area contributed by atoms with Crippen molar-refractivity contribution < 1.29 is 9.32 Å². The first kappa shape index (κ1) is 18.9. The zero-order valence-electron chi connectivity index (χ0n) is 16.2. The molecule has 1 aliphatic rings. The molecule has 1 amide bonds. The molecule has 0 bridgehead atoms. The number of nitrogens with one attached hydrogen (secondary N) is 2. The standard InChI is InChI=1S/C20H25N5O2S/c1-13-16(14(2)27-24-13)10-25-9-5-15-17(12-28-18(15)11-25)20(26)23-6-3-4-19-21-7-8-22-19/h7-8,12H,3-6,9-11H2,1-2H3,(H,21,22)(H,23,26). The average Bonchev–Trinajstić information content (AvgIpc) is 3.42. The molecule has 1 aliphatic heterocycles. The number of aromatic amines is 1. The Morgan fingerprint density at radius 1 is 1.43 bits per heavy atom. The van der Waals surface area contributed by atoms with E-state index >= 15 is 0 Å². The van der Waals surface area contributed by atoms with Crippen molar-refractivity contribution >= 4 is 17.2 Å². The van der Waals surface area contributed by atoms with Crippen molar-refractivity contribution in [3.8, 4) is 0 Å². The minimum absolute atomic E-state index is 0.0381. The first-order chi connectivity index (χ1) is 13.6. The predicted octanol–water partition coefficient (Wildman–Crippen LogP) is 3.00. The van der Waals surface area contributed by atoms with Gasteiger partial charge in [-0.15, -0.1) is 11.3 Å². The first-order valence-electron chi connectivity index (χ1n) is 9.61. The summed E-state index contributed by atoms with van der Waals surface area (Å²) in [5, 5.41) is 9.10. The lowest BCUT2D eigenvalue weighted by Crippen LogP contribution is -2.31. The fourth-order valence-corrected chi connectivity index (χ4v) is 4.77. The monoisotopic (exact) mass is 399 g/mol. The maximum atomic E-state index is 12.6. The van der Waals surface area contributed by atoms with Gasteiger partial charge in [0, 0.05) is 60.8 Å². The number of carbonyl (C=O) groups excluding carboxylic acids is 1. The summed E-state index contributed by atoms with van der Waals surface area (Å²) in [6.45, 7) is 7.25. The molecule has 3 aromatic rings. The van der Waals surface area contributed by atoms with Gasteiger partial charge in [-0.3, -0.25) is 9.69 Å². The number of fused-ring (bicyclic) bond motifs is 1. The van der Waals surface area contributed by atoms with Crippen LogP contribution in [0.3, 0.4) is 0 Å². The van der Waals surface area contributed by atoms with Crippen LogP contribution in [0.4, 0.5) is 0 Å². The van der Waals surface area contributed by atoms with E-state index in [9.17, 15) is 4.79 Å². The average molecular weight is 400 g/mol. The van der Waals surface area contributed by atoms with E-state index in [4.69, 9.17) is 4.52 Å². The largest absolute Gasteiger partial charge is 0.361 e. The van der Waals surface area contributed by atoms with Gasteiger partial charge in [-0.1, -0.05) is 5.16 Å². The van der Waals surface area contributed by atoms with Gasteiger partial charge >= 0.3 is 0 Å². The van der Waals surface area contributed by atoms with Gasteiger partial charge in [0.2, 0.25) is 0 Å². The Morgan fingerprint density at radius 3 is 3.07 bits per heavy atom. The van der Waals surface area contributed by atoms with E-state index in [2.05, 4.69) is 25.3 Å². The zero-order valence-corrected chi connectivity index (χ0v) is 17.1. The van der Waals surface area contributed by atoms with Gasteiger partial charge in [-0.05, 0) is 32.3 Å². The Hall–Kier alpha value is -2.45. The number of aryl methyl sites for hydroxylation is 3. The second-order valence-electron chi connectivity index (χ2n) is 7.21. The van der Waals surface area contributed by atoms with Crippen LogP contribution in [0.1, 0.15) is 50.1 Å². The molecule has 0 radical (unpaired) electrons. The summed E-state index contributed by atoms with van der Waals surface area (Å²) in [6.07, 6.45) is 6.18. The second-order valence-corrected chi connectivity index (χ2v) is 8.17. The van der Waals surface area contributed by atoms with Crippen LogP contribution < -0.4 is 5.32 Å². The van der Waals surface area contributed by atoms with Crippen LogP contribution in [0.25, 0.3) is 0 Å². The number of carbonyl (C=O) groups is 1. The number of H-pyrrole nitrogens is 1. The van der Waals surface area contributed by atoms with E-state index in [0.29, 0.717) is 6.54 Å². The predicted molar refractivity (Wildman–Crippen MR) is 107 cm³/mol. The van der Waals surface area contributed by atoms with Crippen molar-refractivity contribution in [2.75, 3.05) is 13.1 Å². The van der Waals surface area contributed by atoms with E-state index in [0.717, 1.165) is 61.7 Å². The maximum absolute atomic E-state index is 12.6. The highest BCUT2D eigenvalue weighted by Crippen LogP contribution is 2.30. The Labute approximate surface area is 168 Å². The highest BCUT2D eigenvalue weighted by atomic mass is 32.1. The lowest BCUT2D eigenvalue weighted by molar-refractivity contribution is 0.0952. The molecule has 0 saturated heterocycles. The molecular weight excluding hydrogens is 374 g/mol. The molecule has 148 valence electrons. The number of hydrogen-bond donors (Lipinski definition) is 2. The third-order valence-electron chi connectivity index (χ3n) is 5.26. The maximum Gasteiger partial charge on any atom is 0.252 e. The summed E-state index contributed by atoms with van der Waals surface area (Å²) in [5.74, 6) is 1.89. The molecule has 0 unspecified atom stereocenters. The van der Waals surface area contributed by atoms with Crippen LogP contribution in [-0.2, 0) is 25.9 Å². The van der Waals surface area contributed by atoms with Gasteiger partial charge < -0.3 is 14.8 Å². The lowest BCUT2D eigenvalue weighted by atomic mass is 10.0. The molecule has 0 atom stereocenters. The van der Waals surface area contributed by atoms with Crippen LogP contribution in [0.15, 0.2) is 22.3 Å². The second kappa shape index (κ2) is 8.28. The van der Waals surface area contributed by atoms with E-state index in [-0.39, 0.29) is 5.91 Å². The number of nitrogens with zero attached hydrogens (tertiary/aromatic N) is 3. The quantitative estimate of drug-likeness (QED) is 0.597. The molecule has 0 aromatic carbocycles. The molecule has 2 N–H and O–H groups in total. The number of hydrogen-bond acceptors (Lipinski definition) is 6. The normalized spacial score (nSPS) is 14.2. The van der Waals surface area contributed by atoms with Gasteiger partial charge in [-0.2, -0.15) is 0 Å². The molecule has 8 heteroatoms. The number of aromatic nitrogens is 3. The fraction of sp³-hybridized carbons (Fsp3) is 0.450. The van der Waals surface area contributed by atoms with E-state index in [1.54, 1.807) is 17.5 Å². The summed E-state index contributed by atoms with van der Waals surface area (Å²) in [6, 6.07) is 0. The molecule has 0 aliphatic carbocycles. The Kier molecular flexibility index (Phi) is 5.59. The van der Waals surface area contributed by atoms with Gasteiger partial charge in [0.25, 0.3) is 5.91 Å². The highest BCUT2D eigenvalue weighted by Gasteiger charge is 2.25. The molecule has 7 nitrogen and oxygen atoms in total. The van der Waals surface area contributed by atoms with Gasteiger partial charge in [0.05, 0.1) is 11.3 Å². The molecule has 0 fully saturated rings. The Bertz CT molecular complexity index is 925. The molecule has 28 heavy (non-hydrogen) atoms. The summed E-state index contributed by atoms with van der Waals surface area (Å²) < 4.78 is 5.28. The molecule has 0 spiro atoms. The van der Waals surface area contributed by atoms with Crippen molar-refractivity contribution in [2.45, 2.75) is 46.2 Å². The van der Waals surface area contributed by atoms with E-state index in [1.807, 2.05) is 25.4 Å². The van der Waals surface area contributed by atoms with Crippen molar-refractivity contribution in [1.29, 1.82) is 0 Å². The highest BCUT2D eigenvalue weighted by molar-refractivity contribution is 7.10. The minimum atomic E-state index is 0.0381. The first-order valence-corrected chi connectivity index (χ1v) is 10.5. The molecule has 3 aromatic heterocycles. The van der Waals surface area contributed by atoms with Crippen LogP contribution in [0, 0.1) is 13.8 Å². The van der Waals surface area contributed by atoms with Crippen LogP contribution >= 0.6 is 11.3 Å². The zero-order chi connectivity index (χ0) is 19.5. The fourth-order valence-electron chi connectivity index (χ4n) is 3.65. The van der Waals surface area contributed by atoms with Crippen molar-refractivity contribution in [1.82, 2.24) is 25.3 Å². The van der Waals surface area contributed by atoms with E-state index < -0.39 is 0 Å². The number of imidazole rings is 1. The Balaban J connectivity index is 1.32. The topological polar surface area (TPSA) is 87.1 Å². The SMILES string of the molecule is Cc1noc(C)c1CN1CCc2c(C(=O)NCCCc3ncc[nH]3)csc2C1. The molecular formula is C20H25N5O2S. The number of thiophene rings is 1. The molecule has 0 saturated carbocycles. The van der Waals surface area contributed by atoms with Crippen LogP contribution in [0.5, 0.6) is 0 Å². The van der Waals surface area contributed by atoms with Gasteiger partial charge in [-0.25, -0.2) is 4.98 Å². The number of rotatable bonds is 7. The van der Waals surface area contributed by atoms with Crippen molar-refractivity contribution in [3.05, 3.63) is 56.6 Å². The smallest absolute Gasteiger partial charge is 0.252 e. The van der Waals surface area contributed by atoms with Crippen LogP contribution in [0.2, 0.25) is 0 Å². The summed E-state index contributed by atoms with van der Waals surface area (Å²) >= 11 is 1.69. The summed E-state index contributed by atoms with van der Waals surface area (Å²) in [7, 11) is 0. The summed E-state index contributed by atoms with van der Waals surface area (Å²) in [5.41, 5.74) is 4.19. The lowest BCUT2D eigenvalue weighted by Gasteiger charge is -2.27. The Morgan fingerprint density at radius 2 is 2.32 bits per heavy atom. The van der Waals surface area contributed by atoms with Gasteiger partial charge in [0.15, 0.2) is 0 Å². The van der Waals surface area contributed by atoms with Crippen molar-refractivity contribution in [2.24, 2.45) is 0 Å². The minimum Gasteiger partial charge on any atom is -0.361 e. The van der Waals surface area contributed by atoms with Crippen molar-refractivity contribution in [3.63, 3.8) is 0 Å². The molecule has 4 rings (SSSR count). The summed E-state index contributed by atoms with van der Waals surface area (Å²) in [4.78, 5) is 23.6. The third kappa shape index (κ3) is 4.02. The molecule has 4 heterocycles.